The Morgan fingerprint density at radius 2 is 1.68 bits per heavy atom. The number of aromatic nitrogens is 1. The van der Waals surface area contributed by atoms with E-state index >= 15 is 0 Å². The summed E-state index contributed by atoms with van der Waals surface area (Å²) < 4.78 is 0. The minimum Gasteiger partial charge on any atom is -0.325 e. The zero-order valence-electron chi connectivity index (χ0n) is 18.1. The van der Waals surface area contributed by atoms with Crippen molar-refractivity contribution in [1.29, 1.82) is 0 Å². The molecule has 0 radical (unpaired) electrons. The summed E-state index contributed by atoms with van der Waals surface area (Å²) in [7, 11) is 0. The molecule has 0 unspecified atom stereocenters. The van der Waals surface area contributed by atoms with Crippen LogP contribution in [-0.2, 0) is 6.54 Å². The average molecular weight is 412 g/mol. The van der Waals surface area contributed by atoms with E-state index in [2.05, 4.69) is 41.1 Å². The number of amides is 1. The Kier molecular flexibility index (Phi) is 5.46. The highest BCUT2D eigenvalue weighted by molar-refractivity contribution is 6.08. The van der Waals surface area contributed by atoms with Gasteiger partial charge in [-0.3, -0.25) is 4.79 Å². The van der Waals surface area contributed by atoms with Crippen molar-refractivity contribution in [3.63, 3.8) is 0 Å². The minimum absolute atomic E-state index is 0.0374. The molecule has 1 aliphatic heterocycles. The van der Waals surface area contributed by atoms with E-state index in [-0.39, 0.29) is 5.91 Å². The molecule has 5 rings (SSSR count). The summed E-state index contributed by atoms with van der Waals surface area (Å²) in [6.45, 7) is 3.43. The first-order valence-electron chi connectivity index (χ1n) is 11.5. The van der Waals surface area contributed by atoms with E-state index in [0.29, 0.717) is 12.5 Å². The second-order valence-electron chi connectivity index (χ2n) is 8.57. The Labute approximate surface area is 184 Å². The highest BCUT2D eigenvalue weighted by atomic mass is 16.2. The zero-order chi connectivity index (χ0) is 21.2. The van der Waals surface area contributed by atoms with Gasteiger partial charge in [0.15, 0.2) is 0 Å². The van der Waals surface area contributed by atoms with E-state index in [1.807, 2.05) is 47.5 Å². The lowest BCUT2D eigenvalue weighted by Gasteiger charge is -2.26. The van der Waals surface area contributed by atoms with Crippen molar-refractivity contribution in [1.82, 2.24) is 4.98 Å². The van der Waals surface area contributed by atoms with Gasteiger partial charge in [0.05, 0.1) is 17.9 Å². The fraction of sp³-hybridized carbons (Fsp3) is 0.333. The molecule has 2 heterocycles. The molecular weight excluding hydrogens is 382 g/mol. The number of carbonyl (C=O) groups is 1. The van der Waals surface area contributed by atoms with Crippen LogP contribution in [0.3, 0.4) is 0 Å². The van der Waals surface area contributed by atoms with Crippen LogP contribution >= 0.6 is 0 Å². The van der Waals surface area contributed by atoms with Gasteiger partial charge < -0.3 is 9.80 Å². The van der Waals surface area contributed by atoms with Gasteiger partial charge in [-0.05, 0) is 61.6 Å². The molecule has 31 heavy (non-hydrogen) atoms. The third-order valence-electron chi connectivity index (χ3n) is 6.71. The van der Waals surface area contributed by atoms with Crippen molar-refractivity contribution in [2.75, 3.05) is 16.3 Å². The number of hydrogen-bond donors (Lipinski definition) is 0. The number of pyridine rings is 1. The van der Waals surface area contributed by atoms with Gasteiger partial charge in [0.25, 0.3) is 5.91 Å². The van der Waals surface area contributed by atoms with Gasteiger partial charge in [0, 0.05) is 23.9 Å². The van der Waals surface area contributed by atoms with Crippen LogP contribution < -0.4 is 9.80 Å². The van der Waals surface area contributed by atoms with Crippen molar-refractivity contribution >= 4 is 23.1 Å². The van der Waals surface area contributed by atoms with Crippen LogP contribution in [0.15, 0.2) is 66.9 Å². The van der Waals surface area contributed by atoms with E-state index in [9.17, 15) is 4.79 Å². The number of anilines is 3. The molecule has 0 N–H and O–H groups in total. The maximum atomic E-state index is 13.7. The van der Waals surface area contributed by atoms with Crippen LogP contribution in [0.2, 0.25) is 0 Å². The van der Waals surface area contributed by atoms with Crippen LogP contribution in [0.1, 0.15) is 66.4 Å². The summed E-state index contributed by atoms with van der Waals surface area (Å²) >= 11 is 0. The highest BCUT2D eigenvalue weighted by Gasteiger charge is 2.29. The summed E-state index contributed by atoms with van der Waals surface area (Å²) in [5, 5.41) is 0. The van der Waals surface area contributed by atoms with Crippen LogP contribution in [0, 0.1) is 0 Å². The Morgan fingerprint density at radius 1 is 0.935 bits per heavy atom. The topological polar surface area (TPSA) is 36.4 Å². The Morgan fingerprint density at radius 3 is 2.42 bits per heavy atom. The smallest absolute Gasteiger partial charge is 0.258 e. The molecule has 158 valence electrons. The molecule has 0 saturated heterocycles. The summed E-state index contributed by atoms with van der Waals surface area (Å²) in [6.07, 6.45) is 8.35. The van der Waals surface area contributed by atoms with Crippen molar-refractivity contribution < 1.29 is 4.79 Å². The van der Waals surface area contributed by atoms with Crippen LogP contribution in [-0.4, -0.2) is 17.4 Å². The Bertz CT molecular complexity index is 1070. The van der Waals surface area contributed by atoms with Gasteiger partial charge in [0.2, 0.25) is 0 Å². The Balaban J connectivity index is 1.51. The van der Waals surface area contributed by atoms with E-state index in [4.69, 9.17) is 0 Å². The lowest BCUT2D eigenvalue weighted by molar-refractivity contribution is 0.0985. The van der Waals surface area contributed by atoms with Crippen molar-refractivity contribution in [3.05, 3.63) is 83.6 Å². The number of hydrogen-bond acceptors (Lipinski definition) is 3. The van der Waals surface area contributed by atoms with Gasteiger partial charge in [-0.15, -0.1) is 0 Å². The molecule has 1 aliphatic carbocycles. The predicted molar refractivity (Wildman–Crippen MR) is 126 cm³/mol. The standard InChI is InChI=1S/C27H29N3O/c1-2-29-24-12-6-7-13-25(24)30(19-23-11-8-18-28-26(23)29)27(31)22-16-14-21(15-17-22)20-9-4-3-5-10-20/h6-8,11-18,20H,2-5,9-10,19H2,1H3. The third-order valence-corrected chi connectivity index (χ3v) is 6.71. The van der Waals surface area contributed by atoms with Crippen molar-refractivity contribution in [2.45, 2.75) is 51.5 Å². The molecule has 0 atom stereocenters. The molecule has 0 bridgehead atoms. The maximum absolute atomic E-state index is 13.7. The molecule has 1 amide bonds. The highest BCUT2D eigenvalue weighted by Crippen LogP contribution is 2.40. The lowest BCUT2D eigenvalue weighted by Crippen LogP contribution is -2.30. The molecule has 0 spiro atoms. The third kappa shape index (κ3) is 3.71. The molecule has 4 nitrogen and oxygen atoms in total. The summed E-state index contributed by atoms with van der Waals surface area (Å²) in [4.78, 5) is 22.4. The van der Waals surface area contributed by atoms with Gasteiger partial charge in [0.1, 0.15) is 5.82 Å². The molecule has 1 saturated carbocycles. The number of benzene rings is 2. The first kappa shape index (κ1) is 19.8. The molecule has 1 aromatic heterocycles. The zero-order valence-corrected chi connectivity index (χ0v) is 18.1. The van der Waals surface area contributed by atoms with Crippen LogP contribution in [0.5, 0.6) is 0 Å². The second-order valence-corrected chi connectivity index (χ2v) is 8.57. The number of carbonyl (C=O) groups excluding carboxylic acids is 1. The fourth-order valence-electron chi connectivity index (χ4n) is 5.08. The summed E-state index contributed by atoms with van der Waals surface area (Å²) in [5.41, 5.74) is 5.13. The Hall–Kier alpha value is -3.14. The number of nitrogens with zero attached hydrogens (tertiary/aromatic N) is 3. The fourth-order valence-corrected chi connectivity index (χ4v) is 5.08. The predicted octanol–water partition coefficient (Wildman–Crippen LogP) is 6.45. The maximum Gasteiger partial charge on any atom is 0.258 e. The summed E-state index contributed by atoms with van der Waals surface area (Å²) in [5.74, 6) is 1.61. The largest absolute Gasteiger partial charge is 0.325 e. The SMILES string of the molecule is CCN1c2ccccc2N(C(=O)c2ccc(C3CCCCC3)cc2)Cc2cccnc21. The van der Waals surface area contributed by atoms with Gasteiger partial charge >= 0.3 is 0 Å². The molecule has 2 aromatic carbocycles. The molecule has 3 aromatic rings. The molecule has 1 fully saturated rings. The number of para-hydroxylation sites is 2. The van der Waals surface area contributed by atoms with Crippen molar-refractivity contribution in [2.24, 2.45) is 0 Å². The quantitative estimate of drug-likeness (QED) is 0.497. The van der Waals surface area contributed by atoms with Gasteiger partial charge in [-0.1, -0.05) is 49.6 Å². The van der Waals surface area contributed by atoms with Gasteiger partial charge in [-0.25, -0.2) is 4.98 Å². The van der Waals surface area contributed by atoms with E-state index in [1.165, 1.54) is 37.7 Å². The van der Waals surface area contributed by atoms with Crippen LogP contribution in [0.25, 0.3) is 0 Å². The minimum atomic E-state index is 0.0374. The number of fused-ring (bicyclic) bond motifs is 2. The van der Waals surface area contributed by atoms with Gasteiger partial charge in [-0.2, -0.15) is 0 Å². The lowest BCUT2D eigenvalue weighted by atomic mass is 9.84. The summed E-state index contributed by atoms with van der Waals surface area (Å²) in [6, 6.07) is 20.5. The first-order chi connectivity index (χ1) is 15.3. The van der Waals surface area contributed by atoms with E-state index < -0.39 is 0 Å². The molecular formula is C27H29N3O. The van der Waals surface area contributed by atoms with Crippen molar-refractivity contribution in [3.8, 4) is 0 Å². The molecule has 4 heteroatoms. The first-order valence-corrected chi connectivity index (χ1v) is 11.5. The van der Waals surface area contributed by atoms with E-state index in [1.54, 1.807) is 0 Å². The van der Waals surface area contributed by atoms with Crippen LogP contribution in [0.4, 0.5) is 17.2 Å². The number of rotatable bonds is 3. The monoisotopic (exact) mass is 411 g/mol. The normalized spacial score (nSPS) is 16.4. The molecule has 2 aliphatic rings. The average Bonchev–Trinajstić information content (AvgIpc) is 2.98. The van der Waals surface area contributed by atoms with E-state index in [0.717, 1.165) is 34.9 Å². The second kappa shape index (κ2) is 8.54.